The Morgan fingerprint density at radius 3 is 2.75 bits per heavy atom. The Balaban J connectivity index is 1.82. The molecule has 1 fully saturated rings. The summed E-state index contributed by atoms with van der Waals surface area (Å²) in [7, 11) is 0. The second kappa shape index (κ2) is 6.63. The Morgan fingerprint density at radius 1 is 1.31 bits per heavy atom. The van der Waals surface area contributed by atoms with Gasteiger partial charge in [0.25, 0.3) is 0 Å². The van der Waals surface area contributed by atoms with Crippen LogP contribution in [0.1, 0.15) is 30.6 Å². The van der Waals surface area contributed by atoms with E-state index in [1.807, 2.05) is 11.3 Å². The summed E-state index contributed by atoms with van der Waals surface area (Å²) in [5.74, 6) is 0.765. The van der Waals surface area contributed by atoms with E-state index in [2.05, 4.69) is 22.4 Å². The van der Waals surface area contributed by atoms with E-state index < -0.39 is 0 Å². The maximum atomic E-state index is 5.90. The average molecular weight is 258 g/mol. The lowest BCUT2D eigenvalue weighted by molar-refractivity contribution is 0.213. The predicted molar refractivity (Wildman–Crippen MR) is 72.6 cm³/mol. The highest BCUT2D eigenvalue weighted by atomic mass is 35.5. The van der Waals surface area contributed by atoms with Crippen molar-refractivity contribution in [2.24, 2.45) is 0 Å². The molecule has 0 N–H and O–H groups in total. The molecule has 1 nitrogen and oxygen atoms in total. The first-order valence-corrected chi connectivity index (χ1v) is 7.64. The summed E-state index contributed by atoms with van der Waals surface area (Å²) < 4.78 is 0. The quantitative estimate of drug-likeness (QED) is 0.702. The molecule has 0 radical (unpaired) electrons. The van der Waals surface area contributed by atoms with Gasteiger partial charge in [-0.25, -0.2) is 0 Å². The summed E-state index contributed by atoms with van der Waals surface area (Å²) in [5.41, 5.74) is 0. The van der Waals surface area contributed by atoms with Crippen LogP contribution in [0.2, 0.25) is 0 Å². The molecule has 0 amide bonds. The standard InChI is InChI=1S/C13H20ClNS/c14-8-10-15(12-4-1-2-5-12)9-7-13-6-3-11-16-13/h3,6,11-12H,1-2,4-5,7-10H2. The molecular weight excluding hydrogens is 238 g/mol. The minimum Gasteiger partial charge on any atom is -0.299 e. The number of hydrogen-bond donors (Lipinski definition) is 0. The molecule has 0 atom stereocenters. The summed E-state index contributed by atoms with van der Waals surface area (Å²) in [4.78, 5) is 4.09. The van der Waals surface area contributed by atoms with Gasteiger partial charge in [0, 0.05) is 29.9 Å². The first-order chi connectivity index (χ1) is 7.90. The van der Waals surface area contributed by atoms with Crippen LogP contribution in [-0.4, -0.2) is 29.9 Å². The Morgan fingerprint density at radius 2 is 2.12 bits per heavy atom. The molecule has 16 heavy (non-hydrogen) atoms. The highest BCUT2D eigenvalue weighted by molar-refractivity contribution is 7.09. The molecule has 0 aliphatic heterocycles. The second-order valence-corrected chi connectivity index (χ2v) is 5.90. The largest absolute Gasteiger partial charge is 0.299 e. The van der Waals surface area contributed by atoms with Crippen molar-refractivity contribution in [1.82, 2.24) is 4.90 Å². The van der Waals surface area contributed by atoms with Gasteiger partial charge in [0.05, 0.1) is 0 Å². The van der Waals surface area contributed by atoms with E-state index in [0.29, 0.717) is 0 Å². The number of thiophene rings is 1. The van der Waals surface area contributed by atoms with E-state index >= 15 is 0 Å². The molecule has 1 aliphatic carbocycles. The molecule has 0 aromatic carbocycles. The second-order valence-electron chi connectivity index (χ2n) is 4.49. The van der Waals surface area contributed by atoms with Gasteiger partial charge in [0.2, 0.25) is 0 Å². The lowest BCUT2D eigenvalue weighted by Crippen LogP contribution is -2.36. The summed E-state index contributed by atoms with van der Waals surface area (Å²) >= 11 is 7.76. The van der Waals surface area contributed by atoms with Crippen molar-refractivity contribution in [1.29, 1.82) is 0 Å². The van der Waals surface area contributed by atoms with Gasteiger partial charge >= 0.3 is 0 Å². The fraction of sp³-hybridized carbons (Fsp3) is 0.692. The molecule has 0 saturated heterocycles. The molecular formula is C13H20ClNS. The molecule has 0 unspecified atom stereocenters. The lowest BCUT2D eigenvalue weighted by Gasteiger charge is -2.27. The van der Waals surface area contributed by atoms with Crippen LogP contribution in [0.15, 0.2) is 17.5 Å². The third-order valence-corrected chi connectivity index (χ3v) is 4.54. The minimum atomic E-state index is 0.765. The molecule has 0 bridgehead atoms. The van der Waals surface area contributed by atoms with E-state index in [0.717, 1.165) is 18.5 Å². The summed E-state index contributed by atoms with van der Waals surface area (Å²) in [5, 5.41) is 2.16. The maximum absolute atomic E-state index is 5.90. The van der Waals surface area contributed by atoms with Crippen LogP contribution in [0.4, 0.5) is 0 Å². The molecule has 90 valence electrons. The Bertz CT molecular complexity index is 280. The topological polar surface area (TPSA) is 3.24 Å². The Kier molecular flexibility index (Phi) is 5.14. The van der Waals surface area contributed by atoms with Crippen LogP contribution in [-0.2, 0) is 6.42 Å². The third kappa shape index (κ3) is 3.47. The number of halogens is 1. The highest BCUT2D eigenvalue weighted by Gasteiger charge is 2.21. The zero-order valence-electron chi connectivity index (χ0n) is 9.70. The van der Waals surface area contributed by atoms with Crippen molar-refractivity contribution in [2.45, 2.75) is 38.1 Å². The maximum Gasteiger partial charge on any atom is 0.0351 e. The summed E-state index contributed by atoms with van der Waals surface area (Å²) in [6.45, 7) is 2.23. The van der Waals surface area contributed by atoms with Crippen molar-refractivity contribution in [3.8, 4) is 0 Å². The fourth-order valence-corrected chi connectivity index (χ4v) is 3.48. The van der Waals surface area contributed by atoms with Crippen molar-refractivity contribution in [3.63, 3.8) is 0 Å². The first kappa shape index (κ1) is 12.4. The molecule has 1 aliphatic rings. The molecule has 1 heterocycles. The molecule has 0 spiro atoms. The van der Waals surface area contributed by atoms with E-state index in [1.165, 1.54) is 43.5 Å². The highest BCUT2D eigenvalue weighted by Crippen LogP contribution is 2.24. The van der Waals surface area contributed by atoms with Gasteiger partial charge in [0.1, 0.15) is 0 Å². The van der Waals surface area contributed by atoms with E-state index in [9.17, 15) is 0 Å². The van der Waals surface area contributed by atoms with Gasteiger partial charge in [-0.2, -0.15) is 0 Å². The minimum absolute atomic E-state index is 0.765. The number of hydrogen-bond acceptors (Lipinski definition) is 2. The summed E-state index contributed by atoms with van der Waals surface area (Å²) in [6, 6.07) is 5.18. The van der Waals surface area contributed by atoms with Crippen LogP contribution in [0, 0.1) is 0 Å². The predicted octanol–water partition coefficient (Wildman–Crippen LogP) is 3.77. The average Bonchev–Trinajstić information content (AvgIpc) is 2.96. The fourth-order valence-electron chi connectivity index (χ4n) is 2.56. The summed E-state index contributed by atoms with van der Waals surface area (Å²) in [6.07, 6.45) is 6.75. The molecule has 1 aromatic heterocycles. The lowest BCUT2D eigenvalue weighted by atomic mass is 10.2. The molecule has 1 aromatic rings. The zero-order valence-corrected chi connectivity index (χ0v) is 11.3. The number of rotatable bonds is 6. The van der Waals surface area contributed by atoms with E-state index in [-0.39, 0.29) is 0 Å². The van der Waals surface area contributed by atoms with Crippen molar-refractivity contribution in [3.05, 3.63) is 22.4 Å². The number of nitrogens with zero attached hydrogens (tertiary/aromatic N) is 1. The molecule has 1 saturated carbocycles. The van der Waals surface area contributed by atoms with Gasteiger partial charge < -0.3 is 0 Å². The molecule has 2 rings (SSSR count). The first-order valence-electron chi connectivity index (χ1n) is 6.22. The van der Waals surface area contributed by atoms with Crippen molar-refractivity contribution >= 4 is 22.9 Å². The third-order valence-electron chi connectivity index (χ3n) is 3.44. The van der Waals surface area contributed by atoms with Gasteiger partial charge in [0.15, 0.2) is 0 Å². The van der Waals surface area contributed by atoms with Gasteiger partial charge in [-0.1, -0.05) is 18.9 Å². The normalized spacial score (nSPS) is 17.4. The Hall–Kier alpha value is -0.0500. The van der Waals surface area contributed by atoms with Gasteiger partial charge in [-0.05, 0) is 30.7 Å². The van der Waals surface area contributed by atoms with Crippen molar-refractivity contribution in [2.75, 3.05) is 19.0 Å². The van der Waals surface area contributed by atoms with Crippen LogP contribution < -0.4 is 0 Å². The SMILES string of the molecule is ClCCN(CCc1cccs1)C1CCCC1. The molecule has 3 heteroatoms. The van der Waals surface area contributed by atoms with Crippen LogP contribution in [0.5, 0.6) is 0 Å². The Labute approximate surface area is 107 Å². The smallest absolute Gasteiger partial charge is 0.0351 e. The van der Waals surface area contributed by atoms with E-state index in [4.69, 9.17) is 11.6 Å². The van der Waals surface area contributed by atoms with Gasteiger partial charge in [-0.15, -0.1) is 22.9 Å². The monoisotopic (exact) mass is 257 g/mol. The van der Waals surface area contributed by atoms with E-state index in [1.54, 1.807) is 0 Å². The van der Waals surface area contributed by atoms with Crippen LogP contribution in [0.25, 0.3) is 0 Å². The number of alkyl halides is 1. The van der Waals surface area contributed by atoms with Crippen LogP contribution >= 0.6 is 22.9 Å². The van der Waals surface area contributed by atoms with Crippen LogP contribution in [0.3, 0.4) is 0 Å². The zero-order chi connectivity index (χ0) is 11.2. The van der Waals surface area contributed by atoms with Gasteiger partial charge in [-0.3, -0.25) is 4.90 Å². The van der Waals surface area contributed by atoms with Crippen molar-refractivity contribution < 1.29 is 0 Å².